The van der Waals surface area contributed by atoms with Gasteiger partial charge in [-0.25, -0.2) is 4.79 Å². The largest absolute Gasteiger partial charge is 0.383 e. The number of hydrogen-bond donors (Lipinski definition) is 1. The van der Waals surface area contributed by atoms with Gasteiger partial charge in [0, 0.05) is 7.11 Å². The van der Waals surface area contributed by atoms with Gasteiger partial charge in [0.25, 0.3) is 0 Å². The zero-order valence-corrected chi connectivity index (χ0v) is 11.4. The number of barbiturate groups is 1. The predicted molar refractivity (Wildman–Crippen MR) is 67.2 cm³/mol. The van der Waals surface area contributed by atoms with Gasteiger partial charge in [-0.1, -0.05) is 19.8 Å². The Morgan fingerprint density at radius 2 is 2.05 bits per heavy atom. The quantitative estimate of drug-likeness (QED) is 0.756. The minimum Gasteiger partial charge on any atom is -0.383 e. The molecule has 2 rings (SSSR count). The molecular weight excluding hydrogens is 248 g/mol. The molecule has 0 aromatic heterocycles. The highest BCUT2D eigenvalue weighted by Crippen LogP contribution is 2.44. The van der Waals surface area contributed by atoms with Crippen molar-refractivity contribution in [1.29, 1.82) is 0 Å². The average molecular weight is 268 g/mol. The van der Waals surface area contributed by atoms with Crippen LogP contribution in [-0.4, -0.2) is 42.5 Å². The highest BCUT2D eigenvalue weighted by atomic mass is 16.5. The van der Waals surface area contributed by atoms with Crippen LogP contribution in [0.4, 0.5) is 4.79 Å². The van der Waals surface area contributed by atoms with Crippen LogP contribution in [0, 0.1) is 5.41 Å². The smallest absolute Gasteiger partial charge is 0.331 e. The van der Waals surface area contributed by atoms with Gasteiger partial charge < -0.3 is 4.74 Å². The fourth-order valence-electron chi connectivity index (χ4n) is 2.81. The first kappa shape index (κ1) is 14.0. The molecule has 6 nitrogen and oxygen atoms in total. The van der Waals surface area contributed by atoms with Crippen LogP contribution >= 0.6 is 0 Å². The maximum absolute atomic E-state index is 12.5. The zero-order valence-electron chi connectivity index (χ0n) is 11.4. The number of amides is 4. The van der Waals surface area contributed by atoms with E-state index < -0.39 is 17.4 Å². The summed E-state index contributed by atoms with van der Waals surface area (Å²) in [6.07, 6.45) is 3.44. The molecule has 2 aliphatic rings. The average Bonchev–Trinajstić information content (AvgIpc) is 2.27. The minimum atomic E-state index is -0.992. The van der Waals surface area contributed by atoms with Gasteiger partial charge in [0.2, 0.25) is 11.8 Å². The molecule has 1 aliphatic carbocycles. The predicted octanol–water partition coefficient (Wildman–Crippen LogP) is 1.05. The van der Waals surface area contributed by atoms with Gasteiger partial charge in [-0.3, -0.25) is 19.8 Å². The molecule has 1 saturated heterocycles. The van der Waals surface area contributed by atoms with Crippen molar-refractivity contribution in [3.63, 3.8) is 0 Å². The van der Waals surface area contributed by atoms with Crippen LogP contribution in [0.25, 0.3) is 0 Å². The normalized spacial score (nSPS) is 23.3. The number of imide groups is 2. The first-order chi connectivity index (χ1) is 9.06. The molecule has 1 atom stereocenters. The SMILES string of the molecule is CCCC(COC)N1C(=O)NC(=O)C2(CCC2)C1=O. The summed E-state index contributed by atoms with van der Waals surface area (Å²) in [6.45, 7) is 2.29. The Morgan fingerprint density at radius 3 is 2.53 bits per heavy atom. The number of rotatable bonds is 5. The highest BCUT2D eigenvalue weighted by Gasteiger charge is 2.58. The van der Waals surface area contributed by atoms with E-state index in [1.807, 2.05) is 6.92 Å². The summed E-state index contributed by atoms with van der Waals surface area (Å²) in [5, 5.41) is 2.32. The summed E-state index contributed by atoms with van der Waals surface area (Å²) in [6, 6.07) is -0.906. The van der Waals surface area contributed by atoms with Crippen LogP contribution in [0.2, 0.25) is 0 Å². The van der Waals surface area contributed by atoms with Crippen molar-refractivity contribution in [3.05, 3.63) is 0 Å². The molecule has 19 heavy (non-hydrogen) atoms. The molecule has 0 radical (unpaired) electrons. The third kappa shape index (κ3) is 2.14. The number of ether oxygens (including phenoxy) is 1. The third-order valence-corrected chi connectivity index (χ3v) is 4.06. The fraction of sp³-hybridized carbons (Fsp3) is 0.769. The van der Waals surface area contributed by atoms with E-state index in [1.165, 1.54) is 4.90 Å². The van der Waals surface area contributed by atoms with Gasteiger partial charge in [0.1, 0.15) is 5.41 Å². The van der Waals surface area contributed by atoms with Crippen molar-refractivity contribution in [2.45, 2.75) is 45.1 Å². The number of carbonyl (C=O) groups is 3. The van der Waals surface area contributed by atoms with Gasteiger partial charge in [0.15, 0.2) is 0 Å². The molecule has 1 aliphatic heterocycles. The van der Waals surface area contributed by atoms with Crippen molar-refractivity contribution in [2.75, 3.05) is 13.7 Å². The van der Waals surface area contributed by atoms with Crippen LogP contribution in [-0.2, 0) is 14.3 Å². The van der Waals surface area contributed by atoms with E-state index in [2.05, 4.69) is 5.32 Å². The summed E-state index contributed by atoms with van der Waals surface area (Å²) in [4.78, 5) is 37.6. The van der Waals surface area contributed by atoms with E-state index >= 15 is 0 Å². The van der Waals surface area contributed by atoms with Crippen LogP contribution in [0.3, 0.4) is 0 Å². The van der Waals surface area contributed by atoms with Crippen LogP contribution < -0.4 is 5.32 Å². The van der Waals surface area contributed by atoms with Crippen molar-refractivity contribution >= 4 is 17.8 Å². The number of carbonyl (C=O) groups excluding carboxylic acids is 3. The summed E-state index contributed by atoms with van der Waals surface area (Å²) in [5.41, 5.74) is -0.992. The Hall–Kier alpha value is -1.43. The molecule has 1 N–H and O–H groups in total. The van der Waals surface area contributed by atoms with Crippen LogP contribution in [0.1, 0.15) is 39.0 Å². The Bertz CT molecular complexity index is 397. The van der Waals surface area contributed by atoms with Gasteiger partial charge in [-0.15, -0.1) is 0 Å². The van der Waals surface area contributed by atoms with Crippen molar-refractivity contribution in [2.24, 2.45) is 5.41 Å². The minimum absolute atomic E-state index is 0.298. The lowest BCUT2D eigenvalue weighted by molar-refractivity contribution is -0.160. The van der Waals surface area contributed by atoms with E-state index in [0.717, 1.165) is 12.8 Å². The summed E-state index contributed by atoms with van der Waals surface area (Å²) in [5.74, 6) is -0.777. The lowest BCUT2D eigenvalue weighted by Crippen LogP contribution is -2.68. The molecule has 6 heteroatoms. The molecule has 0 aromatic rings. The molecule has 1 saturated carbocycles. The Balaban J connectivity index is 2.24. The van der Waals surface area contributed by atoms with Crippen LogP contribution in [0.15, 0.2) is 0 Å². The van der Waals surface area contributed by atoms with Crippen LogP contribution in [0.5, 0.6) is 0 Å². The van der Waals surface area contributed by atoms with Gasteiger partial charge >= 0.3 is 6.03 Å². The number of urea groups is 1. The molecular formula is C13H20N2O4. The number of hydrogen-bond acceptors (Lipinski definition) is 4. The van der Waals surface area contributed by atoms with E-state index in [1.54, 1.807) is 7.11 Å². The van der Waals surface area contributed by atoms with Gasteiger partial charge in [-0.05, 0) is 19.3 Å². The van der Waals surface area contributed by atoms with Gasteiger partial charge in [0.05, 0.1) is 12.6 Å². The van der Waals surface area contributed by atoms with Crippen molar-refractivity contribution in [1.82, 2.24) is 10.2 Å². The second kappa shape index (κ2) is 5.28. The molecule has 0 aromatic carbocycles. The number of nitrogens with one attached hydrogen (secondary N) is 1. The Kier molecular flexibility index (Phi) is 3.89. The molecule has 106 valence electrons. The Labute approximate surface area is 112 Å². The number of nitrogens with zero attached hydrogens (tertiary/aromatic N) is 1. The molecule has 1 heterocycles. The van der Waals surface area contributed by atoms with E-state index in [-0.39, 0.29) is 11.9 Å². The molecule has 1 unspecified atom stereocenters. The maximum Gasteiger partial charge on any atom is 0.331 e. The maximum atomic E-state index is 12.5. The first-order valence-corrected chi connectivity index (χ1v) is 6.75. The summed E-state index contributed by atoms with van der Waals surface area (Å²) in [7, 11) is 1.54. The standard InChI is InChI=1S/C13H20N2O4/c1-3-5-9(8-19-2)15-11(17)13(6-4-7-13)10(16)14-12(15)18/h9H,3-8H2,1-2H3,(H,14,16,18). The topological polar surface area (TPSA) is 75.7 Å². The summed E-state index contributed by atoms with van der Waals surface area (Å²) >= 11 is 0. The molecule has 4 amide bonds. The molecule has 0 bridgehead atoms. The highest BCUT2D eigenvalue weighted by molar-refractivity contribution is 6.19. The second-order valence-corrected chi connectivity index (χ2v) is 5.27. The molecule has 1 spiro atoms. The van der Waals surface area contributed by atoms with E-state index in [4.69, 9.17) is 4.74 Å². The fourth-order valence-corrected chi connectivity index (χ4v) is 2.81. The van der Waals surface area contributed by atoms with E-state index in [9.17, 15) is 14.4 Å². The third-order valence-electron chi connectivity index (χ3n) is 4.06. The monoisotopic (exact) mass is 268 g/mol. The lowest BCUT2D eigenvalue weighted by atomic mass is 9.66. The molecule has 2 fully saturated rings. The van der Waals surface area contributed by atoms with Crippen molar-refractivity contribution < 1.29 is 19.1 Å². The van der Waals surface area contributed by atoms with Gasteiger partial charge in [-0.2, -0.15) is 0 Å². The second-order valence-electron chi connectivity index (χ2n) is 5.27. The lowest BCUT2D eigenvalue weighted by Gasteiger charge is -2.46. The summed E-state index contributed by atoms with van der Waals surface area (Å²) < 4.78 is 5.09. The number of methoxy groups -OCH3 is 1. The zero-order chi connectivity index (χ0) is 14.0. The first-order valence-electron chi connectivity index (χ1n) is 6.75. The van der Waals surface area contributed by atoms with Crippen molar-refractivity contribution in [3.8, 4) is 0 Å². The van der Waals surface area contributed by atoms with E-state index in [0.29, 0.717) is 25.9 Å². The Morgan fingerprint density at radius 1 is 1.37 bits per heavy atom.